The summed E-state index contributed by atoms with van der Waals surface area (Å²) in [7, 11) is 0. The molecule has 1 aromatic rings. The van der Waals surface area contributed by atoms with E-state index in [4.69, 9.17) is 10.8 Å². The van der Waals surface area contributed by atoms with Gasteiger partial charge in [-0.3, -0.25) is 4.79 Å². The SMILES string of the molecule is Nc1nc(CC(=O)N2CC(O)C2)cs1. The predicted molar refractivity (Wildman–Crippen MR) is 52.8 cm³/mol. The number of hydrogen-bond donors (Lipinski definition) is 2. The molecule has 6 heteroatoms. The van der Waals surface area contributed by atoms with E-state index in [0.29, 0.717) is 23.9 Å². The van der Waals surface area contributed by atoms with E-state index in [1.54, 1.807) is 10.3 Å². The lowest BCUT2D eigenvalue weighted by molar-refractivity contribution is -0.140. The van der Waals surface area contributed by atoms with E-state index in [-0.39, 0.29) is 18.4 Å². The molecule has 2 rings (SSSR count). The number of amides is 1. The van der Waals surface area contributed by atoms with Crippen LogP contribution >= 0.6 is 11.3 Å². The molecule has 0 saturated carbocycles. The standard InChI is InChI=1S/C8H11N3O2S/c9-8-10-5(4-14-8)1-7(13)11-2-6(12)3-11/h4,6,12H,1-3H2,(H2,9,10). The van der Waals surface area contributed by atoms with Crippen LogP contribution in [0.15, 0.2) is 5.38 Å². The summed E-state index contributed by atoms with van der Waals surface area (Å²) in [5, 5.41) is 11.3. The van der Waals surface area contributed by atoms with Crippen LogP contribution < -0.4 is 5.73 Å². The third-order valence-electron chi connectivity index (χ3n) is 2.12. The summed E-state index contributed by atoms with van der Waals surface area (Å²) in [6.07, 6.45) is -0.0695. The molecule has 2 heterocycles. The summed E-state index contributed by atoms with van der Waals surface area (Å²) in [4.78, 5) is 17.1. The second-order valence-electron chi connectivity index (χ2n) is 3.31. The lowest BCUT2D eigenvalue weighted by Gasteiger charge is -2.35. The average Bonchev–Trinajstić information content (AvgIpc) is 2.45. The summed E-state index contributed by atoms with van der Waals surface area (Å²) in [6.45, 7) is 0.886. The number of carbonyl (C=O) groups is 1. The number of anilines is 1. The smallest absolute Gasteiger partial charge is 0.228 e. The normalized spacial score (nSPS) is 16.8. The van der Waals surface area contributed by atoms with Gasteiger partial charge in [-0.25, -0.2) is 4.98 Å². The van der Waals surface area contributed by atoms with E-state index < -0.39 is 0 Å². The van der Waals surface area contributed by atoms with Crippen molar-refractivity contribution in [1.29, 1.82) is 0 Å². The van der Waals surface area contributed by atoms with Crippen molar-refractivity contribution in [2.75, 3.05) is 18.8 Å². The molecule has 0 atom stereocenters. The highest BCUT2D eigenvalue weighted by atomic mass is 32.1. The third-order valence-corrected chi connectivity index (χ3v) is 2.84. The van der Waals surface area contributed by atoms with Gasteiger partial charge in [-0.2, -0.15) is 0 Å². The molecule has 14 heavy (non-hydrogen) atoms. The molecule has 0 aromatic carbocycles. The van der Waals surface area contributed by atoms with E-state index in [9.17, 15) is 4.79 Å². The van der Waals surface area contributed by atoms with Crippen LogP contribution in [0, 0.1) is 0 Å². The molecule has 0 bridgehead atoms. The van der Waals surface area contributed by atoms with Crippen LogP contribution in [0.1, 0.15) is 5.69 Å². The molecule has 5 nitrogen and oxygen atoms in total. The van der Waals surface area contributed by atoms with Crippen molar-refractivity contribution in [3.8, 4) is 0 Å². The Balaban J connectivity index is 1.89. The Bertz CT molecular complexity index is 346. The summed E-state index contributed by atoms with van der Waals surface area (Å²) >= 11 is 1.33. The first-order valence-corrected chi connectivity index (χ1v) is 5.19. The number of aliphatic hydroxyl groups excluding tert-OH is 1. The molecule has 0 spiro atoms. The van der Waals surface area contributed by atoms with Crippen molar-refractivity contribution in [2.45, 2.75) is 12.5 Å². The van der Waals surface area contributed by atoms with Crippen LogP contribution in [-0.4, -0.2) is 40.1 Å². The highest BCUT2D eigenvalue weighted by molar-refractivity contribution is 7.13. The maximum atomic E-state index is 11.5. The third kappa shape index (κ3) is 1.85. The zero-order valence-corrected chi connectivity index (χ0v) is 8.33. The Hall–Kier alpha value is -1.14. The lowest BCUT2D eigenvalue weighted by Crippen LogP contribution is -2.53. The van der Waals surface area contributed by atoms with E-state index >= 15 is 0 Å². The van der Waals surface area contributed by atoms with Gasteiger partial charge in [0, 0.05) is 18.5 Å². The zero-order chi connectivity index (χ0) is 10.1. The molecule has 0 unspecified atom stereocenters. The van der Waals surface area contributed by atoms with Gasteiger partial charge >= 0.3 is 0 Å². The van der Waals surface area contributed by atoms with Crippen molar-refractivity contribution in [3.63, 3.8) is 0 Å². The van der Waals surface area contributed by atoms with Gasteiger partial charge in [0.25, 0.3) is 0 Å². The van der Waals surface area contributed by atoms with E-state index in [2.05, 4.69) is 4.98 Å². The summed E-state index contributed by atoms with van der Waals surface area (Å²) in [5.74, 6) is 0.000556. The van der Waals surface area contributed by atoms with Gasteiger partial charge in [-0.1, -0.05) is 0 Å². The molecule has 1 amide bonds. The van der Waals surface area contributed by atoms with Crippen LogP contribution in [0.2, 0.25) is 0 Å². The van der Waals surface area contributed by atoms with Crippen LogP contribution in [0.4, 0.5) is 5.13 Å². The first-order chi connectivity index (χ1) is 6.65. The van der Waals surface area contributed by atoms with Crippen LogP contribution in [0.3, 0.4) is 0 Å². The molecule has 1 aromatic heterocycles. The van der Waals surface area contributed by atoms with Gasteiger partial charge in [0.05, 0.1) is 18.2 Å². The minimum Gasteiger partial charge on any atom is -0.389 e. The number of carbonyl (C=O) groups excluding carboxylic acids is 1. The van der Waals surface area contributed by atoms with Gasteiger partial charge in [-0.15, -0.1) is 11.3 Å². The molecule has 1 aliphatic rings. The second kappa shape index (κ2) is 3.55. The number of nitrogens with two attached hydrogens (primary N) is 1. The van der Waals surface area contributed by atoms with Crippen LogP contribution in [0.5, 0.6) is 0 Å². The monoisotopic (exact) mass is 213 g/mol. The fraction of sp³-hybridized carbons (Fsp3) is 0.500. The lowest BCUT2D eigenvalue weighted by atomic mass is 10.1. The maximum absolute atomic E-state index is 11.5. The number of rotatable bonds is 2. The molecule has 0 radical (unpaired) electrons. The van der Waals surface area contributed by atoms with E-state index in [0.717, 1.165) is 0 Å². The highest BCUT2D eigenvalue weighted by Gasteiger charge is 2.28. The van der Waals surface area contributed by atoms with Gasteiger partial charge in [0.2, 0.25) is 5.91 Å². The number of aromatic nitrogens is 1. The van der Waals surface area contributed by atoms with Gasteiger partial charge < -0.3 is 15.7 Å². The Morgan fingerprint density at radius 2 is 2.50 bits per heavy atom. The Morgan fingerprint density at radius 1 is 1.79 bits per heavy atom. The number of β-amino-alcohol motifs (C(OH)–C–C–N with tert-alkyl or cyclic N) is 1. The quantitative estimate of drug-likeness (QED) is 0.692. The average molecular weight is 213 g/mol. The number of likely N-dealkylation sites (tertiary alicyclic amines) is 1. The number of nitrogen functional groups attached to an aromatic ring is 1. The maximum Gasteiger partial charge on any atom is 0.228 e. The minimum atomic E-state index is -0.348. The fourth-order valence-electron chi connectivity index (χ4n) is 1.33. The largest absolute Gasteiger partial charge is 0.389 e. The minimum absolute atomic E-state index is 0.000556. The van der Waals surface area contributed by atoms with Gasteiger partial charge in [0.1, 0.15) is 0 Å². The van der Waals surface area contributed by atoms with Crippen molar-refractivity contribution < 1.29 is 9.90 Å². The predicted octanol–water partition coefficient (Wildman–Crippen LogP) is -0.529. The van der Waals surface area contributed by atoms with Crippen LogP contribution in [-0.2, 0) is 11.2 Å². The first kappa shape index (κ1) is 9.42. The summed E-state index contributed by atoms with van der Waals surface area (Å²) in [6, 6.07) is 0. The first-order valence-electron chi connectivity index (χ1n) is 4.31. The molecular weight excluding hydrogens is 202 g/mol. The topological polar surface area (TPSA) is 79.5 Å². The highest BCUT2D eigenvalue weighted by Crippen LogP contribution is 2.14. The zero-order valence-electron chi connectivity index (χ0n) is 7.51. The van der Waals surface area contributed by atoms with E-state index in [1.807, 2.05) is 0 Å². The molecular formula is C8H11N3O2S. The fourth-order valence-corrected chi connectivity index (χ4v) is 1.89. The molecule has 1 fully saturated rings. The van der Waals surface area contributed by atoms with E-state index in [1.165, 1.54) is 11.3 Å². The Labute approximate surface area is 85.2 Å². The number of nitrogens with zero attached hydrogens (tertiary/aromatic N) is 2. The molecule has 0 aliphatic carbocycles. The number of aliphatic hydroxyl groups is 1. The molecule has 76 valence electrons. The second-order valence-corrected chi connectivity index (χ2v) is 4.20. The van der Waals surface area contributed by atoms with Crippen molar-refractivity contribution in [2.24, 2.45) is 0 Å². The Kier molecular flexibility index (Phi) is 2.39. The summed E-state index contributed by atoms with van der Waals surface area (Å²) < 4.78 is 0. The number of thiazole rings is 1. The summed E-state index contributed by atoms with van der Waals surface area (Å²) in [5.41, 5.74) is 6.15. The van der Waals surface area contributed by atoms with Crippen molar-refractivity contribution in [1.82, 2.24) is 9.88 Å². The Morgan fingerprint density at radius 3 is 3.00 bits per heavy atom. The van der Waals surface area contributed by atoms with Crippen molar-refractivity contribution >= 4 is 22.4 Å². The van der Waals surface area contributed by atoms with Crippen molar-refractivity contribution in [3.05, 3.63) is 11.1 Å². The van der Waals surface area contributed by atoms with Crippen LogP contribution in [0.25, 0.3) is 0 Å². The van der Waals surface area contributed by atoms with Gasteiger partial charge in [-0.05, 0) is 0 Å². The molecule has 3 N–H and O–H groups in total. The molecule has 1 saturated heterocycles. The van der Waals surface area contributed by atoms with Gasteiger partial charge in [0.15, 0.2) is 5.13 Å². The number of hydrogen-bond acceptors (Lipinski definition) is 5. The molecule has 1 aliphatic heterocycles.